The Morgan fingerprint density at radius 3 is 2.16 bits per heavy atom. The molecule has 1 aromatic carbocycles. The highest BCUT2D eigenvalue weighted by molar-refractivity contribution is 5.98. The number of hydrogen-bond acceptors (Lipinski definition) is 6. The molecular formula is C17H21NO7. The van der Waals surface area contributed by atoms with E-state index in [1.165, 1.54) is 12.1 Å². The minimum atomic E-state index is -1.63. The Hall–Kier alpha value is -2.90. The molecule has 1 rings (SSSR count). The Morgan fingerprint density at radius 1 is 1.04 bits per heavy atom. The van der Waals surface area contributed by atoms with Crippen molar-refractivity contribution in [3.8, 4) is 0 Å². The number of esters is 2. The van der Waals surface area contributed by atoms with Gasteiger partial charge in [0, 0.05) is 5.56 Å². The first-order valence-corrected chi connectivity index (χ1v) is 7.81. The minimum absolute atomic E-state index is 0.0110. The van der Waals surface area contributed by atoms with E-state index in [-0.39, 0.29) is 18.8 Å². The van der Waals surface area contributed by atoms with Crippen LogP contribution in [0.4, 0.5) is 0 Å². The Labute approximate surface area is 145 Å². The highest BCUT2D eigenvalue weighted by Gasteiger charge is 2.38. The topological polar surface area (TPSA) is 119 Å². The van der Waals surface area contributed by atoms with E-state index in [1.807, 2.05) is 0 Å². The van der Waals surface area contributed by atoms with Gasteiger partial charge in [-0.05, 0) is 26.0 Å². The van der Waals surface area contributed by atoms with E-state index in [0.29, 0.717) is 0 Å². The third-order valence-electron chi connectivity index (χ3n) is 3.27. The van der Waals surface area contributed by atoms with Crippen LogP contribution in [0.3, 0.4) is 0 Å². The lowest BCUT2D eigenvalue weighted by Crippen LogP contribution is -2.49. The van der Waals surface area contributed by atoms with E-state index < -0.39 is 42.2 Å². The van der Waals surface area contributed by atoms with Crippen LogP contribution < -0.4 is 5.32 Å². The molecule has 25 heavy (non-hydrogen) atoms. The van der Waals surface area contributed by atoms with E-state index >= 15 is 0 Å². The van der Waals surface area contributed by atoms with Gasteiger partial charge in [0.05, 0.1) is 25.6 Å². The molecule has 0 aliphatic heterocycles. The summed E-state index contributed by atoms with van der Waals surface area (Å²) < 4.78 is 9.61. The van der Waals surface area contributed by atoms with Crippen molar-refractivity contribution >= 4 is 23.8 Å². The highest BCUT2D eigenvalue weighted by atomic mass is 16.5. The van der Waals surface area contributed by atoms with Crippen LogP contribution in [0.5, 0.6) is 0 Å². The van der Waals surface area contributed by atoms with Gasteiger partial charge in [0.1, 0.15) is 6.04 Å². The van der Waals surface area contributed by atoms with E-state index in [1.54, 1.807) is 32.0 Å². The Morgan fingerprint density at radius 2 is 1.64 bits per heavy atom. The molecule has 1 amide bonds. The lowest BCUT2D eigenvalue weighted by molar-refractivity contribution is -0.159. The summed E-state index contributed by atoms with van der Waals surface area (Å²) in [6.45, 7) is 3.24. The quantitative estimate of drug-likeness (QED) is 0.637. The summed E-state index contributed by atoms with van der Waals surface area (Å²) in [4.78, 5) is 47.6. The lowest BCUT2D eigenvalue weighted by Gasteiger charge is -2.22. The zero-order valence-corrected chi connectivity index (χ0v) is 14.1. The second-order valence-electron chi connectivity index (χ2n) is 5.02. The molecule has 2 N–H and O–H groups in total. The van der Waals surface area contributed by atoms with Gasteiger partial charge in [-0.1, -0.05) is 18.2 Å². The number of carboxylic acids is 1. The number of carboxylic acid groups (broad SMARTS) is 1. The van der Waals surface area contributed by atoms with Crippen molar-refractivity contribution in [2.75, 3.05) is 13.2 Å². The first-order chi connectivity index (χ1) is 11.9. The van der Waals surface area contributed by atoms with Gasteiger partial charge >= 0.3 is 17.9 Å². The molecule has 2 atom stereocenters. The van der Waals surface area contributed by atoms with Gasteiger partial charge in [0.15, 0.2) is 0 Å². The maximum Gasteiger partial charge on any atom is 0.327 e. The molecule has 0 spiro atoms. The zero-order valence-electron chi connectivity index (χ0n) is 14.1. The van der Waals surface area contributed by atoms with Gasteiger partial charge in [-0.2, -0.15) is 0 Å². The van der Waals surface area contributed by atoms with Crippen LogP contribution in [0.1, 0.15) is 30.6 Å². The third-order valence-corrected chi connectivity index (χ3v) is 3.27. The van der Waals surface area contributed by atoms with Crippen molar-refractivity contribution in [3.05, 3.63) is 35.9 Å². The summed E-state index contributed by atoms with van der Waals surface area (Å²) in [7, 11) is 0. The molecule has 0 saturated carbocycles. The van der Waals surface area contributed by atoms with E-state index in [0.717, 1.165) is 0 Å². The first-order valence-electron chi connectivity index (χ1n) is 7.81. The Balaban J connectivity index is 3.01. The van der Waals surface area contributed by atoms with Crippen molar-refractivity contribution in [1.82, 2.24) is 5.32 Å². The average molecular weight is 351 g/mol. The predicted octanol–water partition coefficient (Wildman–Crippen LogP) is 1.00. The second-order valence-corrected chi connectivity index (χ2v) is 5.02. The van der Waals surface area contributed by atoms with E-state index in [9.17, 15) is 24.3 Å². The molecule has 0 aromatic heterocycles. The maximum atomic E-state index is 12.2. The predicted molar refractivity (Wildman–Crippen MR) is 86.7 cm³/mol. The van der Waals surface area contributed by atoms with Crippen molar-refractivity contribution in [2.45, 2.75) is 26.3 Å². The molecule has 8 nitrogen and oxygen atoms in total. The zero-order chi connectivity index (χ0) is 18.8. The molecule has 0 fully saturated rings. The van der Waals surface area contributed by atoms with E-state index in [2.05, 4.69) is 5.32 Å². The fraction of sp³-hybridized carbons (Fsp3) is 0.412. The Kier molecular flexibility index (Phi) is 8.11. The second kappa shape index (κ2) is 10.1. The molecule has 0 radical (unpaired) electrons. The molecule has 0 saturated heterocycles. The summed E-state index contributed by atoms with van der Waals surface area (Å²) >= 11 is 0. The molecule has 0 aliphatic rings. The highest BCUT2D eigenvalue weighted by Crippen LogP contribution is 2.15. The minimum Gasteiger partial charge on any atom is -0.480 e. The van der Waals surface area contributed by atoms with Crippen LogP contribution in [-0.4, -0.2) is 48.2 Å². The third kappa shape index (κ3) is 6.25. The SMILES string of the molecule is CCOC(=O)C[C@@H](C(=O)OCC)[C@H](NC(=O)c1ccccc1)C(=O)O. The van der Waals surface area contributed by atoms with Crippen LogP contribution >= 0.6 is 0 Å². The fourth-order valence-electron chi connectivity index (χ4n) is 2.13. The fourth-order valence-corrected chi connectivity index (χ4v) is 2.13. The number of nitrogens with one attached hydrogen (secondary N) is 1. The number of amides is 1. The van der Waals surface area contributed by atoms with Crippen LogP contribution in [0.2, 0.25) is 0 Å². The number of carbonyl (C=O) groups is 4. The smallest absolute Gasteiger partial charge is 0.327 e. The number of benzene rings is 1. The summed E-state index contributed by atoms with van der Waals surface area (Å²) in [5, 5.41) is 11.7. The molecule has 0 unspecified atom stereocenters. The van der Waals surface area contributed by atoms with Gasteiger partial charge in [-0.3, -0.25) is 14.4 Å². The van der Waals surface area contributed by atoms with Gasteiger partial charge in [0.2, 0.25) is 0 Å². The van der Waals surface area contributed by atoms with Crippen molar-refractivity contribution < 1.29 is 33.8 Å². The van der Waals surface area contributed by atoms with Crippen LogP contribution in [0.25, 0.3) is 0 Å². The molecular weight excluding hydrogens is 330 g/mol. The van der Waals surface area contributed by atoms with Crippen LogP contribution in [-0.2, 0) is 23.9 Å². The summed E-state index contributed by atoms with van der Waals surface area (Å²) in [5.41, 5.74) is 0.229. The summed E-state index contributed by atoms with van der Waals surface area (Å²) in [5.74, 6) is -5.17. The number of aliphatic carboxylic acids is 1. The molecule has 0 aliphatic carbocycles. The maximum absolute atomic E-state index is 12.2. The molecule has 0 bridgehead atoms. The standard InChI is InChI=1S/C17H21NO7/c1-3-24-13(19)10-12(17(23)25-4-2)14(16(21)22)18-15(20)11-8-6-5-7-9-11/h5-9,12,14H,3-4,10H2,1-2H3,(H,18,20)(H,21,22)/t12-,14+/m1/s1. The molecule has 1 aromatic rings. The van der Waals surface area contributed by atoms with E-state index in [4.69, 9.17) is 9.47 Å². The van der Waals surface area contributed by atoms with Gasteiger partial charge in [-0.25, -0.2) is 4.79 Å². The van der Waals surface area contributed by atoms with Crippen molar-refractivity contribution in [3.63, 3.8) is 0 Å². The summed E-state index contributed by atoms with van der Waals surface area (Å²) in [6.07, 6.45) is -0.515. The van der Waals surface area contributed by atoms with Crippen LogP contribution in [0, 0.1) is 5.92 Å². The Bertz CT molecular complexity index is 615. The normalized spacial score (nSPS) is 12.6. The number of rotatable bonds is 9. The van der Waals surface area contributed by atoms with Crippen LogP contribution in [0.15, 0.2) is 30.3 Å². The number of ether oxygens (including phenoxy) is 2. The largest absolute Gasteiger partial charge is 0.480 e. The van der Waals surface area contributed by atoms with Gasteiger partial charge < -0.3 is 19.9 Å². The van der Waals surface area contributed by atoms with Crippen molar-refractivity contribution in [2.24, 2.45) is 5.92 Å². The number of carbonyl (C=O) groups excluding carboxylic acids is 3. The van der Waals surface area contributed by atoms with Crippen molar-refractivity contribution in [1.29, 1.82) is 0 Å². The molecule has 136 valence electrons. The molecule has 8 heteroatoms. The van der Waals surface area contributed by atoms with Gasteiger partial charge in [-0.15, -0.1) is 0 Å². The monoisotopic (exact) mass is 351 g/mol. The van der Waals surface area contributed by atoms with Gasteiger partial charge in [0.25, 0.3) is 5.91 Å². The average Bonchev–Trinajstić information content (AvgIpc) is 2.58. The lowest BCUT2D eigenvalue weighted by atomic mass is 9.95. The first kappa shape index (κ1) is 20.1. The summed E-state index contributed by atoms with van der Waals surface area (Å²) in [6, 6.07) is 6.31. The molecule has 0 heterocycles. The number of hydrogen-bond donors (Lipinski definition) is 2.